The number of benzene rings is 1. The molecule has 0 spiro atoms. The molecule has 0 atom stereocenters. The van der Waals surface area contributed by atoms with Crippen molar-refractivity contribution in [3.8, 4) is 23.0 Å². The lowest BCUT2D eigenvalue weighted by atomic mass is 9.92. The standard InChI is InChI=1S/C22H23FN8O2/c1-22(2,3)17-10-18(31(4)30-17)28-21(32)27-16-6-5-14(9-15(16)23)33-19-7-8-24-20(29-19)13-11-25-26-12-13/h5-12H,1-4H3,(H,25,26)(H2,27,28,32). The third-order valence-electron chi connectivity index (χ3n) is 4.69. The van der Waals surface area contributed by atoms with E-state index in [1.54, 1.807) is 36.3 Å². The van der Waals surface area contributed by atoms with Crippen LogP contribution in [0.2, 0.25) is 0 Å². The minimum absolute atomic E-state index is 0.000151. The van der Waals surface area contributed by atoms with Crippen LogP contribution >= 0.6 is 0 Å². The second-order valence-electron chi connectivity index (χ2n) is 8.32. The average Bonchev–Trinajstić information content (AvgIpc) is 3.41. The number of hydrogen-bond donors (Lipinski definition) is 3. The zero-order valence-electron chi connectivity index (χ0n) is 18.5. The van der Waals surface area contributed by atoms with Crippen LogP contribution in [0.4, 0.5) is 20.7 Å². The number of nitrogens with zero attached hydrogens (tertiary/aromatic N) is 5. The van der Waals surface area contributed by atoms with E-state index in [0.29, 0.717) is 17.2 Å². The second kappa shape index (κ2) is 8.69. The summed E-state index contributed by atoms with van der Waals surface area (Å²) in [5.41, 5.74) is 1.35. The summed E-state index contributed by atoms with van der Waals surface area (Å²) in [6, 6.07) is 6.85. The Morgan fingerprint density at radius 2 is 2.00 bits per heavy atom. The molecule has 4 aromatic rings. The third-order valence-corrected chi connectivity index (χ3v) is 4.69. The van der Waals surface area contributed by atoms with Crippen LogP contribution in [0.15, 0.2) is 48.9 Å². The van der Waals surface area contributed by atoms with Gasteiger partial charge in [0.15, 0.2) is 5.82 Å². The molecular formula is C22H23FN8O2. The largest absolute Gasteiger partial charge is 0.439 e. The number of anilines is 2. The van der Waals surface area contributed by atoms with Gasteiger partial charge in [0.25, 0.3) is 0 Å². The number of H-pyrrole nitrogens is 1. The minimum Gasteiger partial charge on any atom is -0.439 e. The molecule has 0 aliphatic carbocycles. The Hall–Kier alpha value is -4.28. The summed E-state index contributed by atoms with van der Waals surface area (Å²) in [6.07, 6.45) is 4.77. The number of rotatable bonds is 5. The van der Waals surface area contributed by atoms with Gasteiger partial charge in [-0.1, -0.05) is 20.8 Å². The van der Waals surface area contributed by atoms with E-state index < -0.39 is 11.8 Å². The average molecular weight is 450 g/mol. The highest BCUT2D eigenvalue weighted by atomic mass is 19.1. The first-order valence-electron chi connectivity index (χ1n) is 10.1. The molecule has 3 heterocycles. The molecule has 0 saturated heterocycles. The lowest BCUT2D eigenvalue weighted by Gasteiger charge is -2.13. The first-order chi connectivity index (χ1) is 15.7. The van der Waals surface area contributed by atoms with E-state index in [0.717, 1.165) is 11.8 Å². The van der Waals surface area contributed by atoms with Crippen molar-refractivity contribution in [2.45, 2.75) is 26.2 Å². The normalized spacial score (nSPS) is 11.3. The smallest absolute Gasteiger partial charge is 0.324 e. The van der Waals surface area contributed by atoms with Crippen LogP contribution in [0.25, 0.3) is 11.4 Å². The van der Waals surface area contributed by atoms with Crippen LogP contribution in [0.3, 0.4) is 0 Å². The molecule has 0 bridgehead atoms. The second-order valence-corrected chi connectivity index (χ2v) is 8.32. The van der Waals surface area contributed by atoms with E-state index in [2.05, 4.69) is 35.9 Å². The molecular weight excluding hydrogens is 427 g/mol. The number of nitrogens with one attached hydrogen (secondary N) is 3. The molecule has 0 radical (unpaired) electrons. The van der Waals surface area contributed by atoms with Crippen LogP contribution in [0.1, 0.15) is 26.5 Å². The Labute approximate surface area is 189 Å². The van der Waals surface area contributed by atoms with Crippen molar-refractivity contribution in [2.75, 3.05) is 10.6 Å². The van der Waals surface area contributed by atoms with Crippen LogP contribution in [-0.4, -0.2) is 36.0 Å². The molecule has 4 rings (SSSR count). The maximum Gasteiger partial charge on any atom is 0.324 e. The quantitative estimate of drug-likeness (QED) is 0.412. The maximum absolute atomic E-state index is 14.6. The predicted molar refractivity (Wildman–Crippen MR) is 121 cm³/mol. The number of halogens is 1. The molecule has 170 valence electrons. The Morgan fingerprint density at radius 1 is 1.18 bits per heavy atom. The molecule has 1 aromatic carbocycles. The number of carbonyl (C=O) groups is 1. The van der Waals surface area contributed by atoms with Gasteiger partial charge in [-0.15, -0.1) is 0 Å². The van der Waals surface area contributed by atoms with E-state index in [4.69, 9.17) is 4.74 Å². The third kappa shape index (κ3) is 5.14. The summed E-state index contributed by atoms with van der Waals surface area (Å²) < 4.78 is 21.8. The Bertz CT molecular complexity index is 1280. The first kappa shape index (κ1) is 21.9. The van der Waals surface area contributed by atoms with E-state index in [1.165, 1.54) is 18.3 Å². The molecule has 3 aromatic heterocycles. The zero-order valence-corrected chi connectivity index (χ0v) is 18.5. The van der Waals surface area contributed by atoms with Gasteiger partial charge < -0.3 is 10.1 Å². The fourth-order valence-corrected chi connectivity index (χ4v) is 2.91. The zero-order chi connectivity index (χ0) is 23.6. The van der Waals surface area contributed by atoms with Crippen molar-refractivity contribution in [1.82, 2.24) is 29.9 Å². The van der Waals surface area contributed by atoms with Gasteiger partial charge in [0.2, 0.25) is 5.88 Å². The van der Waals surface area contributed by atoms with E-state index in [1.807, 2.05) is 20.8 Å². The molecule has 0 aliphatic rings. The summed E-state index contributed by atoms with van der Waals surface area (Å²) in [4.78, 5) is 20.8. The van der Waals surface area contributed by atoms with Gasteiger partial charge in [-0.05, 0) is 12.1 Å². The number of ether oxygens (including phenoxy) is 1. The van der Waals surface area contributed by atoms with Crippen molar-refractivity contribution >= 4 is 17.5 Å². The van der Waals surface area contributed by atoms with Crippen LogP contribution in [0, 0.1) is 5.82 Å². The van der Waals surface area contributed by atoms with Crippen LogP contribution < -0.4 is 15.4 Å². The highest BCUT2D eigenvalue weighted by Crippen LogP contribution is 2.26. The van der Waals surface area contributed by atoms with E-state index >= 15 is 0 Å². The van der Waals surface area contributed by atoms with Crippen molar-refractivity contribution in [1.29, 1.82) is 0 Å². The van der Waals surface area contributed by atoms with Gasteiger partial charge >= 0.3 is 6.03 Å². The van der Waals surface area contributed by atoms with Gasteiger partial charge in [-0.3, -0.25) is 15.1 Å². The molecule has 0 saturated carbocycles. The monoisotopic (exact) mass is 450 g/mol. The molecule has 0 unspecified atom stereocenters. The number of amides is 2. The lowest BCUT2D eigenvalue weighted by Crippen LogP contribution is -2.21. The molecule has 3 N–H and O–H groups in total. The van der Waals surface area contributed by atoms with Gasteiger partial charge in [0.05, 0.1) is 23.1 Å². The fourth-order valence-electron chi connectivity index (χ4n) is 2.91. The van der Waals surface area contributed by atoms with Gasteiger partial charge in [0.1, 0.15) is 17.4 Å². The summed E-state index contributed by atoms with van der Waals surface area (Å²) in [7, 11) is 1.72. The van der Waals surface area contributed by atoms with Crippen LogP contribution in [-0.2, 0) is 12.5 Å². The molecule has 0 fully saturated rings. The van der Waals surface area contributed by atoms with Gasteiger partial charge in [0, 0.05) is 43.1 Å². The lowest BCUT2D eigenvalue weighted by molar-refractivity contribution is 0.262. The number of hydrogen-bond acceptors (Lipinski definition) is 6. The summed E-state index contributed by atoms with van der Waals surface area (Å²) >= 11 is 0. The van der Waals surface area contributed by atoms with E-state index in [9.17, 15) is 9.18 Å². The van der Waals surface area contributed by atoms with Crippen molar-refractivity contribution < 1.29 is 13.9 Å². The Balaban J connectivity index is 1.42. The Kier molecular flexibility index (Phi) is 5.78. The number of urea groups is 1. The summed E-state index contributed by atoms with van der Waals surface area (Å²) in [5.74, 6) is 0.713. The van der Waals surface area contributed by atoms with Gasteiger partial charge in [-0.25, -0.2) is 14.2 Å². The number of aromatic nitrogens is 6. The SMILES string of the molecule is Cn1nc(C(C)(C)C)cc1NC(=O)Nc1ccc(Oc2ccnc(-c3cn[nH]c3)n2)cc1F. The molecule has 11 heteroatoms. The molecule has 33 heavy (non-hydrogen) atoms. The van der Waals surface area contributed by atoms with Crippen molar-refractivity contribution in [3.63, 3.8) is 0 Å². The first-order valence-corrected chi connectivity index (χ1v) is 10.1. The van der Waals surface area contributed by atoms with E-state index in [-0.39, 0.29) is 22.7 Å². The topological polar surface area (TPSA) is 123 Å². The molecule has 2 amide bonds. The van der Waals surface area contributed by atoms with Crippen LogP contribution in [0.5, 0.6) is 11.6 Å². The van der Waals surface area contributed by atoms with Crippen molar-refractivity contribution in [2.24, 2.45) is 7.05 Å². The molecule has 0 aliphatic heterocycles. The number of carbonyl (C=O) groups excluding carboxylic acids is 1. The predicted octanol–water partition coefficient (Wildman–Crippen LogP) is 4.47. The van der Waals surface area contributed by atoms with Crippen molar-refractivity contribution in [3.05, 3.63) is 60.4 Å². The Morgan fingerprint density at radius 3 is 2.67 bits per heavy atom. The van der Waals surface area contributed by atoms with Gasteiger partial charge in [-0.2, -0.15) is 15.2 Å². The number of aromatic amines is 1. The summed E-state index contributed by atoms with van der Waals surface area (Å²) in [5, 5.41) is 16.1. The number of aryl methyl sites for hydroxylation is 1. The highest BCUT2D eigenvalue weighted by molar-refractivity contribution is 5.99. The highest BCUT2D eigenvalue weighted by Gasteiger charge is 2.20. The maximum atomic E-state index is 14.6. The fraction of sp³-hybridized carbons (Fsp3) is 0.227. The minimum atomic E-state index is -0.660. The summed E-state index contributed by atoms with van der Waals surface area (Å²) in [6.45, 7) is 6.08. The molecule has 10 nitrogen and oxygen atoms in total.